The van der Waals surface area contributed by atoms with Crippen LogP contribution in [0.2, 0.25) is 0 Å². The molecular weight excluding hydrogens is 441 g/mol. The summed E-state index contributed by atoms with van der Waals surface area (Å²) in [6.07, 6.45) is 2.63. The van der Waals surface area contributed by atoms with E-state index in [9.17, 15) is 9.90 Å². The first-order valence-corrected chi connectivity index (χ1v) is 11.7. The summed E-state index contributed by atoms with van der Waals surface area (Å²) in [6.45, 7) is 5.78. The first kappa shape index (κ1) is 25.8. The Bertz CT molecular complexity index is 974. The summed E-state index contributed by atoms with van der Waals surface area (Å²) >= 11 is 0. The lowest BCUT2D eigenvalue weighted by atomic mass is 9.89. The third-order valence-corrected chi connectivity index (χ3v) is 5.98. The zero-order chi connectivity index (χ0) is 24.6. The molecule has 34 heavy (non-hydrogen) atoms. The van der Waals surface area contributed by atoms with Crippen molar-refractivity contribution in [1.29, 1.82) is 0 Å². The van der Waals surface area contributed by atoms with Gasteiger partial charge in [0.05, 0.1) is 20.3 Å². The highest BCUT2D eigenvalue weighted by Gasteiger charge is 2.40. The normalized spacial score (nSPS) is 15.1. The second-order valence-electron chi connectivity index (χ2n) is 8.32. The number of halogens is 1. The molecule has 1 heterocycles. The molecule has 0 atom stereocenters. The van der Waals surface area contributed by atoms with Gasteiger partial charge in [0.25, 0.3) is 0 Å². The molecule has 0 bridgehead atoms. The van der Waals surface area contributed by atoms with Gasteiger partial charge in [-0.15, -0.1) is 0 Å². The van der Waals surface area contributed by atoms with E-state index in [1.54, 1.807) is 25.1 Å². The number of hydrogen-bond acceptors (Lipinski definition) is 6. The van der Waals surface area contributed by atoms with Gasteiger partial charge < -0.3 is 29.4 Å². The second kappa shape index (κ2) is 12.0. The molecule has 2 aromatic rings. The summed E-state index contributed by atoms with van der Waals surface area (Å²) < 4.78 is 37.5. The van der Waals surface area contributed by atoms with Crippen molar-refractivity contribution in [2.45, 2.75) is 51.7 Å². The fourth-order valence-electron chi connectivity index (χ4n) is 4.02. The summed E-state index contributed by atoms with van der Waals surface area (Å²) in [5.74, 6) is -0.804. The van der Waals surface area contributed by atoms with Crippen molar-refractivity contribution in [3.8, 4) is 22.6 Å². The van der Waals surface area contributed by atoms with E-state index in [1.165, 1.54) is 13.2 Å². The standard InChI is InChI=1S/C26H34FNO6/c1-4-6-11-33-17-18-14-19(28-26(25(29)30)9-12-32-13-10-26)7-8-21(18)22-15-20(31-3)16-23(24(22)27)34-5-2/h7-8,14-16,28H,4-6,9-13,17H2,1-3H3,(H,29,30). The number of nitrogens with one attached hydrogen (secondary N) is 1. The molecule has 0 spiro atoms. The lowest BCUT2D eigenvalue weighted by Gasteiger charge is -2.35. The van der Waals surface area contributed by atoms with E-state index in [2.05, 4.69) is 12.2 Å². The van der Waals surface area contributed by atoms with Crippen LogP contribution in [0.5, 0.6) is 11.5 Å². The number of carbonyl (C=O) groups is 1. The molecule has 3 rings (SSSR count). The maximum Gasteiger partial charge on any atom is 0.329 e. The van der Waals surface area contributed by atoms with Crippen LogP contribution in [-0.2, 0) is 20.9 Å². The fraction of sp³-hybridized carbons (Fsp3) is 0.500. The highest BCUT2D eigenvalue weighted by atomic mass is 19.1. The Hall–Kier alpha value is -2.84. The van der Waals surface area contributed by atoms with Crippen LogP contribution in [0.4, 0.5) is 10.1 Å². The number of carboxylic acid groups (broad SMARTS) is 1. The lowest BCUT2D eigenvalue weighted by Crippen LogP contribution is -2.50. The average Bonchev–Trinajstić information content (AvgIpc) is 2.84. The predicted octanol–water partition coefficient (Wildman–Crippen LogP) is 5.26. The van der Waals surface area contributed by atoms with Crippen molar-refractivity contribution >= 4 is 11.7 Å². The van der Waals surface area contributed by atoms with Gasteiger partial charge in [0.1, 0.15) is 11.3 Å². The number of hydrogen-bond donors (Lipinski definition) is 2. The first-order chi connectivity index (χ1) is 16.4. The third kappa shape index (κ3) is 5.98. The summed E-state index contributed by atoms with van der Waals surface area (Å²) in [5, 5.41) is 13.1. The van der Waals surface area contributed by atoms with Crippen LogP contribution in [0.1, 0.15) is 45.1 Å². The molecule has 0 radical (unpaired) electrons. The molecule has 0 aromatic heterocycles. The molecule has 1 saturated heterocycles. The van der Waals surface area contributed by atoms with Crippen molar-refractivity contribution < 1.29 is 33.2 Å². The molecule has 2 N–H and O–H groups in total. The van der Waals surface area contributed by atoms with E-state index in [0.717, 1.165) is 18.4 Å². The quantitative estimate of drug-likeness (QED) is 0.405. The minimum absolute atomic E-state index is 0.115. The monoisotopic (exact) mass is 475 g/mol. The van der Waals surface area contributed by atoms with Gasteiger partial charge in [-0.05, 0) is 42.7 Å². The second-order valence-corrected chi connectivity index (χ2v) is 8.32. The number of unbranched alkanes of at least 4 members (excludes halogenated alkanes) is 1. The van der Waals surface area contributed by atoms with E-state index in [0.29, 0.717) is 61.8 Å². The van der Waals surface area contributed by atoms with Crippen molar-refractivity contribution in [2.75, 3.05) is 38.9 Å². The number of ether oxygens (including phenoxy) is 4. The summed E-state index contributed by atoms with van der Waals surface area (Å²) in [4.78, 5) is 12.1. The van der Waals surface area contributed by atoms with Gasteiger partial charge in [0.15, 0.2) is 11.6 Å². The Balaban J connectivity index is 2.02. The topological polar surface area (TPSA) is 86.3 Å². The highest BCUT2D eigenvalue weighted by molar-refractivity contribution is 5.83. The number of anilines is 1. The SMILES string of the molecule is CCCCOCc1cc(NC2(C(=O)O)CCOCC2)ccc1-c1cc(OC)cc(OCC)c1F. The molecule has 0 amide bonds. The minimum atomic E-state index is -1.11. The van der Waals surface area contributed by atoms with Gasteiger partial charge >= 0.3 is 5.97 Å². The highest BCUT2D eigenvalue weighted by Crippen LogP contribution is 2.37. The molecule has 1 fully saturated rings. The van der Waals surface area contributed by atoms with Crippen LogP contribution in [0.15, 0.2) is 30.3 Å². The maximum absolute atomic E-state index is 15.4. The van der Waals surface area contributed by atoms with E-state index in [1.807, 2.05) is 6.07 Å². The van der Waals surface area contributed by atoms with Crippen molar-refractivity contribution in [2.24, 2.45) is 0 Å². The van der Waals surface area contributed by atoms with E-state index in [-0.39, 0.29) is 12.4 Å². The van der Waals surface area contributed by atoms with Crippen molar-refractivity contribution in [3.05, 3.63) is 41.7 Å². The summed E-state index contributed by atoms with van der Waals surface area (Å²) in [6, 6.07) is 8.54. The average molecular weight is 476 g/mol. The predicted molar refractivity (Wildman–Crippen MR) is 128 cm³/mol. The summed E-state index contributed by atoms with van der Waals surface area (Å²) in [7, 11) is 1.52. The van der Waals surface area contributed by atoms with E-state index in [4.69, 9.17) is 18.9 Å². The molecule has 8 heteroatoms. The molecule has 1 aliphatic heterocycles. The Labute approximate surface area is 200 Å². The number of rotatable bonds is 12. The van der Waals surface area contributed by atoms with Gasteiger partial charge in [-0.1, -0.05) is 19.4 Å². The number of methoxy groups -OCH3 is 1. The smallest absolute Gasteiger partial charge is 0.329 e. The van der Waals surface area contributed by atoms with E-state index < -0.39 is 17.3 Å². The fourth-order valence-corrected chi connectivity index (χ4v) is 4.02. The van der Waals surface area contributed by atoms with Crippen LogP contribution in [0.3, 0.4) is 0 Å². The lowest BCUT2D eigenvalue weighted by molar-refractivity contribution is -0.145. The zero-order valence-electron chi connectivity index (χ0n) is 20.1. The third-order valence-electron chi connectivity index (χ3n) is 5.98. The molecule has 1 aliphatic rings. The van der Waals surface area contributed by atoms with Crippen molar-refractivity contribution in [3.63, 3.8) is 0 Å². The van der Waals surface area contributed by atoms with Crippen LogP contribution < -0.4 is 14.8 Å². The Morgan fingerprint density at radius 1 is 1.18 bits per heavy atom. The van der Waals surface area contributed by atoms with Gasteiger partial charge in [-0.2, -0.15) is 0 Å². The van der Waals surface area contributed by atoms with Crippen LogP contribution in [0.25, 0.3) is 11.1 Å². The Morgan fingerprint density at radius 2 is 1.94 bits per heavy atom. The van der Waals surface area contributed by atoms with Gasteiger partial charge in [0.2, 0.25) is 0 Å². The van der Waals surface area contributed by atoms with Gasteiger partial charge in [-0.25, -0.2) is 9.18 Å². The summed E-state index contributed by atoms with van der Waals surface area (Å²) in [5.41, 5.74) is 1.24. The molecule has 0 aliphatic carbocycles. The first-order valence-electron chi connectivity index (χ1n) is 11.7. The maximum atomic E-state index is 15.4. The molecule has 0 saturated carbocycles. The van der Waals surface area contributed by atoms with Gasteiger partial charge in [-0.3, -0.25) is 0 Å². The largest absolute Gasteiger partial charge is 0.497 e. The van der Waals surface area contributed by atoms with Crippen molar-refractivity contribution in [1.82, 2.24) is 0 Å². The minimum Gasteiger partial charge on any atom is -0.497 e. The van der Waals surface area contributed by atoms with E-state index >= 15 is 4.39 Å². The number of aliphatic carboxylic acids is 1. The van der Waals surface area contributed by atoms with Gasteiger partial charge in [0, 0.05) is 50.0 Å². The number of benzene rings is 2. The molecule has 7 nitrogen and oxygen atoms in total. The molecule has 186 valence electrons. The molecular formula is C26H34FNO6. The molecule has 2 aromatic carbocycles. The Morgan fingerprint density at radius 3 is 2.59 bits per heavy atom. The number of carboxylic acids is 1. The molecule has 0 unspecified atom stereocenters. The Kier molecular flexibility index (Phi) is 9.12. The van der Waals surface area contributed by atoms with Crippen LogP contribution in [-0.4, -0.2) is 50.2 Å². The van der Waals surface area contributed by atoms with Crippen LogP contribution >= 0.6 is 0 Å². The zero-order valence-corrected chi connectivity index (χ0v) is 20.1. The van der Waals surface area contributed by atoms with Crippen LogP contribution in [0, 0.1) is 5.82 Å².